The van der Waals surface area contributed by atoms with E-state index in [4.69, 9.17) is 19.3 Å². The Hall–Kier alpha value is -2.55. The summed E-state index contributed by atoms with van der Waals surface area (Å²) in [6.07, 6.45) is 26.6. The van der Waals surface area contributed by atoms with Gasteiger partial charge in [0.2, 0.25) is 0 Å². The van der Waals surface area contributed by atoms with E-state index in [0.717, 1.165) is 32.6 Å². The van der Waals surface area contributed by atoms with Crippen LogP contribution in [0.25, 0.3) is 0 Å². The van der Waals surface area contributed by atoms with Gasteiger partial charge in [-0.25, -0.2) is 4.57 Å². The Balaban J connectivity index is 3.96. The highest BCUT2D eigenvalue weighted by Gasteiger charge is 2.21. The highest BCUT2D eigenvalue weighted by atomic mass is 31.2. The summed E-state index contributed by atoms with van der Waals surface area (Å²) in [4.78, 5) is 40.3. The van der Waals surface area contributed by atoms with Crippen molar-refractivity contribution in [2.75, 3.05) is 13.2 Å². The van der Waals surface area contributed by atoms with Crippen molar-refractivity contribution >= 4 is 19.8 Å². The van der Waals surface area contributed by atoms with Crippen molar-refractivity contribution in [3.63, 3.8) is 0 Å². The van der Waals surface area contributed by atoms with Crippen LogP contribution in [0.15, 0.2) is 72.9 Å². The molecule has 0 fully saturated rings. The highest BCUT2D eigenvalue weighted by molar-refractivity contribution is 7.46. The quantitative estimate of drug-likeness (QED) is 0.0840. The summed E-state index contributed by atoms with van der Waals surface area (Å²) in [5.41, 5.74) is 0. The number of carbonyl (C=O) groups excluding carboxylic acids is 2. The summed E-state index contributed by atoms with van der Waals surface area (Å²) in [6.45, 7) is 2.24. The molecule has 0 aromatic heterocycles. The monoisotopic (exact) mass is 540 g/mol. The van der Waals surface area contributed by atoms with Gasteiger partial charge in [-0.3, -0.25) is 14.1 Å². The van der Waals surface area contributed by atoms with Crippen LogP contribution in [-0.4, -0.2) is 52.3 Å². The first-order valence-electron chi connectivity index (χ1n) is 12.3. The number of phosphoric ester groups is 1. The van der Waals surface area contributed by atoms with Crippen molar-refractivity contribution in [3.8, 4) is 0 Å². The van der Waals surface area contributed by atoms with Crippen LogP contribution >= 0.6 is 7.82 Å². The van der Waals surface area contributed by atoms with Gasteiger partial charge in [-0.15, -0.1) is 0 Å². The van der Waals surface area contributed by atoms with Crippen molar-refractivity contribution in [1.82, 2.24) is 0 Å². The van der Waals surface area contributed by atoms with Crippen molar-refractivity contribution in [3.05, 3.63) is 72.9 Å². The van der Waals surface area contributed by atoms with Crippen LogP contribution in [0.1, 0.15) is 58.8 Å². The number of phosphoric acid groups is 1. The third-order valence-corrected chi connectivity index (χ3v) is 4.87. The second-order valence-corrected chi connectivity index (χ2v) is 9.10. The van der Waals surface area contributed by atoms with E-state index in [1.807, 2.05) is 54.7 Å². The van der Waals surface area contributed by atoms with Gasteiger partial charge in [0.1, 0.15) is 6.61 Å². The average molecular weight is 541 g/mol. The van der Waals surface area contributed by atoms with E-state index in [0.29, 0.717) is 12.8 Å². The molecule has 9 nitrogen and oxygen atoms in total. The number of rotatable bonds is 20. The summed E-state index contributed by atoms with van der Waals surface area (Å²) in [7, 11) is -4.73. The maximum atomic E-state index is 11.8. The van der Waals surface area contributed by atoms with E-state index < -0.39 is 38.6 Å². The van der Waals surface area contributed by atoms with Gasteiger partial charge in [0.25, 0.3) is 0 Å². The summed E-state index contributed by atoms with van der Waals surface area (Å²) in [5.74, 6) is -1.21. The Bertz CT molecular complexity index is 850. The number of hydrogen-bond acceptors (Lipinski definition) is 7. The molecule has 0 aliphatic heterocycles. The lowest BCUT2D eigenvalue weighted by Crippen LogP contribution is -2.28. The van der Waals surface area contributed by atoms with Gasteiger partial charge in [0.05, 0.1) is 12.7 Å². The zero-order valence-corrected chi connectivity index (χ0v) is 22.6. The van der Waals surface area contributed by atoms with Crippen LogP contribution in [-0.2, 0) is 28.2 Å². The normalized spacial score (nSPS) is 14.6. The number of esters is 2. The first kappa shape index (κ1) is 34.5. The van der Waals surface area contributed by atoms with Gasteiger partial charge in [0, 0.05) is 13.3 Å². The van der Waals surface area contributed by atoms with Crippen LogP contribution in [0.5, 0.6) is 0 Å². The summed E-state index contributed by atoms with van der Waals surface area (Å²) < 4.78 is 24.9. The van der Waals surface area contributed by atoms with Gasteiger partial charge >= 0.3 is 19.8 Å². The minimum absolute atomic E-state index is 0.118. The summed E-state index contributed by atoms with van der Waals surface area (Å²) in [5, 5.41) is 9.74. The zero-order valence-electron chi connectivity index (χ0n) is 21.7. The number of hydrogen-bond donors (Lipinski definition) is 3. The third-order valence-electron chi connectivity index (χ3n) is 4.38. The van der Waals surface area contributed by atoms with Gasteiger partial charge < -0.3 is 24.4 Å². The van der Waals surface area contributed by atoms with Crippen LogP contribution in [0.4, 0.5) is 0 Å². The molecule has 1 unspecified atom stereocenters. The molecular weight excluding hydrogens is 499 g/mol. The fraction of sp³-hybridized carbons (Fsp3) is 0.481. The molecule has 0 saturated carbocycles. The topological polar surface area (TPSA) is 140 Å². The molecule has 0 saturated heterocycles. The van der Waals surface area contributed by atoms with Crippen LogP contribution in [0.2, 0.25) is 0 Å². The lowest BCUT2D eigenvalue weighted by atomic mass is 10.2. The second kappa shape index (κ2) is 22.6. The van der Waals surface area contributed by atoms with Crippen molar-refractivity contribution in [2.45, 2.75) is 71.0 Å². The molecule has 0 aromatic rings. The number of ether oxygens (including phenoxy) is 2. The molecule has 0 aromatic carbocycles. The molecule has 0 aliphatic rings. The van der Waals surface area contributed by atoms with E-state index in [9.17, 15) is 19.3 Å². The van der Waals surface area contributed by atoms with E-state index in [1.54, 1.807) is 6.08 Å². The Labute approximate surface area is 220 Å². The molecule has 0 rings (SSSR count). The fourth-order valence-corrected chi connectivity index (χ4v) is 3.02. The van der Waals surface area contributed by atoms with Gasteiger partial charge in [-0.2, -0.15) is 0 Å². The molecule has 10 heteroatoms. The zero-order chi connectivity index (χ0) is 27.8. The van der Waals surface area contributed by atoms with Gasteiger partial charge in [-0.1, -0.05) is 79.8 Å². The molecule has 0 aliphatic carbocycles. The molecule has 2 atom stereocenters. The standard InChI is InChI=1S/C27H41O9P/c1-3-4-16-19-25(29)20-17-14-12-10-8-6-5-7-9-11-13-15-18-21-27(30)34-22-26(36-24(2)28)23-35-37(31,32)33/h4,6-9,12-17,20,25-26,29H,3,5,10-11,18-19,21-23H2,1-2H3,(H2,31,32,33)/b8-6-,9-7-,14-12+,15-13-,16-4-,20-17+/t25?,26-/m1/s1. The first-order chi connectivity index (χ1) is 17.6. The van der Waals surface area contributed by atoms with Crippen molar-refractivity contribution < 1.29 is 43.0 Å². The Morgan fingerprint density at radius 1 is 0.865 bits per heavy atom. The lowest BCUT2D eigenvalue weighted by Gasteiger charge is -2.17. The molecule has 0 heterocycles. The predicted octanol–water partition coefficient (Wildman–Crippen LogP) is 5.02. The van der Waals surface area contributed by atoms with Crippen LogP contribution in [0.3, 0.4) is 0 Å². The summed E-state index contributed by atoms with van der Waals surface area (Å²) in [6, 6.07) is 0. The SMILES string of the molecule is CC/C=C\CC(O)/C=C/C=C/C/C=C\C/C=C\C/C=C\CCC(=O)OC[C@H](COP(=O)(O)O)OC(C)=O. The molecule has 0 bridgehead atoms. The first-order valence-corrected chi connectivity index (χ1v) is 13.8. The molecule has 3 N–H and O–H groups in total. The van der Waals surface area contributed by atoms with E-state index in [1.165, 1.54) is 0 Å². The van der Waals surface area contributed by atoms with E-state index in [2.05, 4.69) is 23.6 Å². The van der Waals surface area contributed by atoms with E-state index in [-0.39, 0.29) is 13.0 Å². The molecule has 37 heavy (non-hydrogen) atoms. The van der Waals surface area contributed by atoms with Gasteiger partial charge in [0.15, 0.2) is 6.10 Å². The molecule has 0 amide bonds. The Kier molecular flexibility index (Phi) is 21.1. The largest absolute Gasteiger partial charge is 0.469 e. The maximum Gasteiger partial charge on any atom is 0.469 e. The second-order valence-electron chi connectivity index (χ2n) is 7.86. The summed E-state index contributed by atoms with van der Waals surface area (Å²) >= 11 is 0. The Morgan fingerprint density at radius 2 is 1.49 bits per heavy atom. The number of carbonyl (C=O) groups is 2. The Morgan fingerprint density at radius 3 is 2.08 bits per heavy atom. The van der Waals surface area contributed by atoms with Gasteiger partial charge in [-0.05, 0) is 38.5 Å². The minimum Gasteiger partial charge on any atom is -0.462 e. The number of aliphatic hydroxyl groups excluding tert-OH is 1. The third kappa shape index (κ3) is 26.3. The van der Waals surface area contributed by atoms with Crippen LogP contribution in [0, 0.1) is 0 Å². The van der Waals surface area contributed by atoms with Crippen molar-refractivity contribution in [1.29, 1.82) is 0 Å². The van der Waals surface area contributed by atoms with Crippen molar-refractivity contribution in [2.24, 2.45) is 0 Å². The van der Waals surface area contributed by atoms with Crippen LogP contribution < -0.4 is 0 Å². The fourth-order valence-electron chi connectivity index (χ4n) is 2.66. The number of aliphatic hydroxyl groups is 1. The maximum absolute atomic E-state index is 11.8. The average Bonchev–Trinajstić information content (AvgIpc) is 2.82. The predicted molar refractivity (Wildman–Crippen MR) is 143 cm³/mol. The molecule has 0 radical (unpaired) electrons. The molecule has 208 valence electrons. The molecular formula is C27H41O9P. The highest BCUT2D eigenvalue weighted by Crippen LogP contribution is 2.35. The lowest BCUT2D eigenvalue weighted by molar-refractivity contribution is -0.159. The minimum atomic E-state index is -4.73. The smallest absolute Gasteiger partial charge is 0.462 e. The molecule has 0 spiro atoms. The number of allylic oxidation sites excluding steroid dienone is 10. The van der Waals surface area contributed by atoms with E-state index >= 15 is 0 Å².